The Morgan fingerprint density at radius 1 is 1.38 bits per heavy atom. The van der Waals surface area contributed by atoms with Gasteiger partial charge in [0.05, 0.1) is 0 Å². The first kappa shape index (κ1) is 11.6. The molecule has 0 aromatic heterocycles. The topological polar surface area (TPSA) is 15.3 Å². The van der Waals surface area contributed by atoms with E-state index in [1.165, 1.54) is 17.7 Å². The molecule has 2 nitrogen and oxygen atoms in total. The van der Waals surface area contributed by atoms with Crippen LogP contribution in [0.5, 0.6) is 0 Å². The third-order valence-electron chi connectivity index (χ3n) is 3.08. The van der Waals surface area contributed by atoms with Crippen molar-refractivity contribution in [2.45, 2.75) is 19.4 Å². The molecule has 0 saturated carbocycles. The van der Waals surface area contributed by atoms with E-state index in [4.69, 9.17) is 0 Å². The largest absolute Gasteiger partial charge is 0.312 e. The van der Waals surface area contributed by atoms with Crippen LogP contribution >= 0.6 is 0 Å². The number of hydrogen-bond acceptors (Lipinski definition) is 2. The summed E-state index contributed by atoms with van der Waals surface area (Å²) in [5, 5.41) is 3.43. The Bertz CT molecular complexity index is 323. The minimum absolute atomic E-state index is 0.153. The van der Waals surface area contributed by atoms with Crippen LogP contribution in [-0.4, -0.2) is 37.1 Å². The quantitative estimate of drug-likeness (QED) is 0.836. The Balaban J connectivity index is 1.80. The van der Waals surface area contributed by atoms with Gasteiger partial charge in [0.25, 0.3) is 0 Å². The van der Waals surface area contributed by atoms with Crippen LogP contribution in [0.25, 0.3) is 0 Å². The highest BCUT2D eigenvalue weighted by Crippen LogP contribution is 2.06. The number of rotatable bonds is 3. The molecule has 1 aliphatic heterocycles. The molecule has 1 atom stereocenters. The molecule has 1 N–H and O–H groups in total. The second kappa shape index (κ2) is 5.41. The molecule has 88 valence electrons. The van der Waals surface area contributed by atoms with Crippen LogP contribution in [0.4, 0.5) is 4.39 Å². The molecule has 1 fully saturated rings. The minimum atomic E-state index is -0.153. The van der Waals surface area contributed by atoms with Gasteiger partial charge < -0.3 is 10.2 Å². The van der Waals surface area contributed by atoms with Gasteiger partial charge in [0.15, 0.2) is 0 Å². The standard InChI is InChI=1S/C13H19FN2/c1-11-10-16(9-7-15-11)8-6-12-2-4-13(14)5-3-12/h2-5,11,15H,6-10H2,1H3/t11-/m0/s1. The van der Waals surface area contributed by atoms with E-state index in [0.717, 1.165) is 32.6 Å². The Labute approximate surface area is 96.5 Å². The third-order valence-corrected chi connectivity index (χ3v) is 3.08. The molecule has 0 bridgehead atoms. The van der Waals surface area contributed by atoms with Crippen molar-refractivity contribution in [2.75, 3.05) is 26.2 Å². The van der Waals surface area contributed by atoms with E-state index in [9.17, 15) is 4.39 Å². The van der Waals surface area contributed by atoms with Gasteiger partial charge in [-0.2, -0.15) is 0 Å². The lowest BCUT2D eigenvalue weighted by Crippen LogP contribution is -2.49. The molecule has 1 saturated heterocycles. The van der Waals surface area contributed by atoms with Gasteiger partial charge in [0, 0.05) is 32.2 Å². The summed E-state index contributed by atoms with van der Waals surface area (Å²) in [5.74, 6) is -0.153. The first-order valence-electron chi connectivity index (χ1n) is 5.94. The molecular formula is C13H19FN2. The average molecular weight is 222 g/mol. The molecular weight excluding hydrogens is 203 g/mol. The third kappa shape index (κ3) is 3.29. The van der Waals surface area contributed by atoms with E-state index in [-0.39, 0.29) is 5.82 Å². The molecule has 0 unspecified atom stereocenters. The van der Waals surface area contributed by atoms with Crippen molar-refractivity contribution >= 4 is 0 Å². The van der Waals surface area contributed by atoms with E-state index in [1.807, 2.05) is 12.1 Å². The number of hydrogen-bond donors (Lipinski definition) is 1. The first-order valence-corrected chi connectivity index (χ1v) is 5.94. The zero-order valence-electron chi connectivity index (χ0n) is 9.75. The van der Waals surface area contributed by atoms with Gasteiger partial charge >= 0.3 is 0 Å². The maximum absolute atomic E-state index is 12.7. The zero-order chi connectivity index (χ0) is 11.4. The van der Waals surface area contributed by atoms with Gasteiger partial charge in [0.2, 0.25) is 0 Å². The predicted octanol–water partition coefficient (Wildman–Crippen LogP) is 1.66. The monoisotopic (exact) mass is 222 g/mol. The van der Waals surface area contributed by atoms with Gasteiger partial charge in [-0.1, -0.05) is 12.1 Å². The molecule has 1 aromatic carbocycles. The van der Waals surface area contributed by atoms with E-state index >= 15 is 0 Å². The van der Waals surface area contributed by atoms with Crippen molar-refractivity contribution < 1.29 is 4.39 Å². The lowest BCUT2D eigenvalue weighted by Gasteiger charge is -2.31. The molecule has 0 amide bonds. The maximum atomic E-state index is 12.7. The summed E-state index contributed by atoms with van der Waals surface area (Å²) in [6.07, 6.45) is 1.01. The summed E-state index contributed by atoms with van der Waals surface area (Å²) in [6.45, 7) is 6.58. The SMILES string of the molecule is C[C@H]1CN(CCc2ccc(F)cc2)CCN1. The first-order chi connectivity index (χ1) is 7.74. The summed E-state index contributed by atoms with van der Waals surface area (Å²) in [5.41, 5.74) is 1.22. The van der Waals surface area contributed by atoms with Crippen molar-refractivity contribution in [1.29, 1.82) is 0 Å². The molecule has 3 heteroatoms. The number of nitrogens with one attached hydrogen (secondary N) is 1. The predicted molar refractivity (Wildman–Crippen MR) is 64.0 cm³/mol. The van der Waals surface area contributed by atoms with Crippen LogP contribution in [0.3, 0.4) is 0 Å². The highest BCUT2D eigenvalue weighted by Gasteiger charge is 2.14. The highest BCUT2D eigenvalue weighted by atomic mass is 19.1. The number of halogens is 1. The Morgan fingerprint density at radius 2 is 2.12 bits per heavy atom. The molecule has 2 rings (SSSR count). The van der Waals surface area contributed by atoms with Crippen LogP contribution in [0, 0.1) is 5.82 Å². The summed E-state index contributed by atoms with van der Waals surface area (Å²) < 4.78 is 12.7. The molecule has 1 aromatic rings. The van der Waals surface area contributed by atoms with Crippen LogP contribution < -0.4 is 5.32 Å². The fourth-order valence-corrected chi connectivity index (χ4v) is 2.15. The van der Waals surface area contributed by atoms with E-state index in [2.05, 4.69) is 17.1 Å². The second-order valence-corrected chi connectivity index (χ2v) is 4.53. The molecule has 16 heavy (non-hydrogen) atoms. The van der Waals surface area contributed by atoms with E-state index in [1.54, 1.807) is 0 Å². The molecule has 0 spiro atoms. The highest BCUT2D eigenvalue weighted by molar-refractivity contribution is 5.16. The molecule has 0 aliphatic carbocycles. The fraction of sp³-hybridized carbons (Fsp3) is 0.538. The Kier molecular flexibility index (Phi) is 3.91. The summed E-state index contributed by atoms with van der Waals surface area (Å²) in [7, 11) is 0. The van der Waals surface area contributed by atoms with Gasteiger partial charge in [-0.25, -0.2) is 4.39 Å². The zero-order valence-corrected chi connectivity index (χ0v) is 9.75. The summed E-state index contributed by atoms with van der Waals surface area (Å²) in [6, 6.07) is 7.41. The van der Waals surface area contributed by atoms with Gasteiger partial charge in [0.1, 0.15) is 5.82 Å². The number of piperazine rings is 1. The van der Waals surface area contributed by atoms with Crippen molar-refractivity contribution in [3.05, 3.63) is 35.6 Å². The van der Waals surface area contributed by atoms with Crippen molar-refractivity contribution in [2.24, 2.45) is 0 Å². The molecule has 0 radical (unpaired) electrons. The lowest BCUT2D eigenvalue weighted by atomic mass is 10.1. The normalized spacial score (nSPS) is 22.2. The van der Waals surface area contributed by atoms with Crippen molar-refractivity contribution in [1.82, 2.24) is 10.2 Å². The van der Waals surface area contributed by atoms with E-state index in [0.29, 0.717) is 6.04 Å². The summed E-state index contributed by atoms with van der Waals surface area (Å²) in [4.78, 5) is 2.46. The molecule has 1 aliphatic rings. The minimum Gasteiger partial charge on any atom is -0.312 e. The smallest absolute Gasteiger partial charge is 0.123 e. The Morgan fingerprint density at radius 3 is 2.81 bits per heavy atom. The Hall–Kier alpha value is -0.930. The van der Waals surface area contributed by atoms with Crippen molar-refractivity contribution in [3.8, 4) is 0 Å². The fourth-order valence-electron chi connectivity index (χ4n) is 2.15. The lowest BCUT2D eigenvalue weighted by molar-refractivity contribution is 0.209. The van der Waals surface area contributed by atoms with Gasteiger partial charge in [-0.3, -0.25) is 0 Å². The van der Waals surface area contributed by atoms with E-state index < -0.39 is 0 Å². The van der Waals surface area contributed by atoms with Crippen LogP contribution in [-0.2, 0) is 6.42 Å². The second-order valence-electron chi connectivity index (χ2n) is 4.53. The van der Waals surface area contributed by atoms with Gasteiger partial charge in [-0.05, 0) is 31.0 Å². The van der Waals surface area contributed by atoms with Crippen molar-refractivity contribution in [3.63, 3.8) is 0 Å². The number of nitrogens with zero attached hydrogens (tertiary/aromatic N) is 1. The van der Waals surface area contributed by atoms with Crippen LogP contribution in [0.2, 0.25) is 0 Å². The average Bonchev–Trinajstić information content (AvgIpc) is 2.28. The summed E-state index contributed by atoms with van der Waals surface area (Å²) >= 11 is 0. The van der Waals surface area contributed by atoms with Gasteiger partial charge in [-0.15, -0.1) is 0 Å². The van der Waals surface area contributed by atoms with Crippen LogP contribution in [0.15, 0.2) is 24.3 Å². The molecule has 1 heterocycles. The maximum Gasteiger partial charge on any atom is 0.123 e. The number of benzene rings is 1. The van der Waals surface area contributed by atoms with Crippen LogP contribution in [0.1, 0.15) is 12.5 Å².